The van der Waals surface area contributed by atoms with Gasteiger partial charge in [-0.15, -0.1) is 0 Å². The van der Waals surface area contributed by atoms with Gasteiger partial charge in [0, 0.05) is 11.1 Å². The molecule has 122 valence electrons. The minimum absolute atomic E-state index is 0.0877. The summed E-state index contributed by atoms with van der Waals surface area (Å²) in [7, 11) is 0. The zero-order valence-corrected chi connectivity index (χ0v) is 12.1. The maximum atomic E-state index is 12.9. The molecule has 1 unspecified atom stereocenters. The molecule has 0 aliphatic carbocycles. The fourth-order valence-corrected chi connectivity index (χ4v) is 2.60. The molecule has 0 bridgehead atoms. The van der Waals surface area contributed by atoms with Crippen LogP contribution in [0.1, 0.15) is 23.1 Å². The van der Waals surface area contributed by atoms with E-state index in [9.17, 15) is 23.1 Å². The first-order valence-electron chi connectivity index (χ1n) is 6.62. The van der Waals surface area contributed by atoms with Gasteiger partial charge in [0.05, 0.1) is 16.7 Å². The Bertz CT molecular complexity index is 917. The largest absolute Gasteiger partial charge is 0.418 e. The molecule has 0 saturated heterocycles. The van der Waals surface area contributed by atoms with Gasteiger partial charge < -0.3 is 19.6 Å². The first-order valence-corrected chi connectivity index (χ1v) is 6.62. The maximum absolute atomic E-state index is 12.9. The molecule has 2 heterocycles. The molecule has 0 aliphatic rings. The Labute approximate surface area is 126 Å². The molecule has 1 aromatic carbocycles. The lowest BCUT2D eigenvalue weighted by Crippen LogP contribution is -2.20. The van der Waals surface area contributed by atoms with Gasteiger partial charge in [0.1, 0.15) is 5.76 Å². The lowest BCUT2D eigenvalue weighted by atomic mass is 9.98. The van der Waals surface area contributed by atoms with Gasteiger partial charge in [-0.25, -0.2) is 4.79 Å². The highest BCUT2D eigenvalue weighted by Gasteiger charge is 2.41. The number of aliphatic hydroxyl groups excluding tert-OH is 1. The number of hydrogen-bond acceptors (Lipinski definition) is 4. The van der Waals surface area contributed by atoms with E-state index in [1.54, 1.807) is 13.8 Å². The van der Waals surface area contributed by atoms with Gasteiger partial charge in [0.2, 0.25) is 0 Å². The number of rotatable bonds is 2. The molecular weight excluding hydrogens is 315 g/mol. The molecule has 3 N–H and O–H groups in total. The van der Waals surface area contributed by atoms with Crippen molar-refractivity contribution in [2.24, 2.45) is 0 Å². The van der Waals surface area contributed by atoms with Gasteiger partial charge in [0.25, 0.3) is 0 Å². The first kappa shape index (κ1) is 15.3. The lowest BCUT2D eigenvalue weighted by Gasteiger charge is -2.16. The summed E-state index contributed by atoms with van der Waals surface area (Å²) in [6, 6.07) is 2.68. The van der Waals surface area contributed by atoms with Crippen LogP contribution in [-0.2, 0) is 0 Å². The van der Waals surface area contributed by atoms with Crippen molar-refractivity contribution >= 4 is 11.0 Å². The molecule has 0 saturated carbocycles. The molecule has 3 rings (SSSR count). The van der Waals surface area contributed by atoms with Crippen molar-refractivity contribution in [2.45, 2.75) is 26.1 Å². The highest BCUT2D eigenvalue weighted by molar-refractivity contribution is 5.86. The summed E-state index contributed by atoms with van der Waals surface area (Å²) in [6.07, 6.45) is -7.59. The molecular formula is C14H12F3N3O3. The Balaban J connectivity index is 2.32. The van der Waals surface area contributed by atoms with E-state index < -0.39 is 23.5 Å². The Kier molecular flexibility index (Phi) is 3.33. The van der Waals surface area contributed by atoms with Crippen LogP contribution in [0.2, 0.25) is 0 Å². The van der Waals surface area contributed by atoms with Crippen molar-refractivity contribution in [3.05, 3.63) is 39.6 Å². The van der Waals surface area contributed by atoms with Crippen molar-refractivity contribution in [2.75, 3.05) is 0 Å². The number of imidazole rings is 1. The van der Waals surface area contributed by atoms with E-state index in [0.29, 0.717) is 22.6 Å². The second kappa shape index (κ2) is 4.98. The number of aromatic nitrogens is 3. The summed E-state index contributed by atoms with van der Waals surface area (Å²) >= 11 is 0. The Hall–Kier alpha value is -2.55. The van der Waals surface area contributed by atoms with E-state index in [-0.39, 0.29) is 11.0 Å². The highest BCUT2D eigenvalue weighted by Crippen LogP contribution is 2.38. The number of aromatic amines is 2. The van der Waals surface area contributed by atoms with Crippen molar-refractivity contribution in [1.82, 2.24) is 15.1 Å². The van der Waals surface area contributed by atoms with Crippen molar-refractivity contribution in [1.29, 1.82) is 0 Å². The molecule has 0 radical (unpaired) electrons. The third kappa shape index (κ3) is 2.52. The summed E-state index contributed by atoms with van der Waals surface area (Å²) in [5, 5.41) is 13.4. The van der Waals surface area contributed by atoms with Crippen LogP contribution in [-0.4, -0.2) is 26.4 Å². The number of nitrogens with one attached hydrogen (secondary N) is 2. The van der Waals surface area contributed by atoms with E-state index in [4.69, 9.17) is 4.52 Å². The third-order valence-electron chi connectivity index (χ3n) is 3.58. The normalized spacial score (nSPS) is 13.7. The predicted octanol–water partition coefficient (Wildman–Crippen LogP) is 2.72. The first-order chi connectivity index (χ1) is 10.7. The van der Waals surface area contributed by atoms with Gasteiger partial charge in [-0.3, -0.25) is 0 Å². The van der Waals surface area contributed by atoms with Gasteiger partial charge in [-0.05, 0) is 31.5 Å². The quantitative estimate of drug-likeness (QED) is 0.674. The van der Waals surface area contributed by atoms with Crippen LogP contribution in [0.15, 0.2) is 21.5 Å². The van der Waals surface area contributed by atoms with Gasteiger partial charge in [-0.1, -0.05) is 5.16 Å². The molecule has 9 heteroatoms. The minimum Gasteiger partial charge on any atom is -0.379 e. The number of aliphatic hydroxyl groups is 1. The van der Waals surface area contributed by atoms with Crippen molar-refractivity contribution in [3.8, 4) is 11.1 Å². The van der Waals surface area contributed by atoms with Crippen LogP contribution in [0.4, 0.5) is 13.2 Å². The lowest BCUT2D eigenvalue weighted by molar-refractivity contribution is -0.206. The number of alkyl halides is 3. The molecule has 0 aliphatic heterocycles. The number of benzene rings is 1. The summed E-state index contributed by atoms with van der Waals surface area (Å²) in [5.74, 6) is 0.423. The smallest absolute Gasteiger partial charge is 0.379 e. The van der Waals surface area contributed by atoms with Gasteiger partial charge >= 0.3 is 11.9 Å². The zero-order chi connectivity index (χ0) is 16.9. The molecule has 23 heavy (non-hydrogen) atoms. The van der Waals surface area contributed by atoms with Gasteiger partial charge in [-0.2, -0.15) is 13.2 Å². The second-order valence-corrected chi connectivity index (χ2v) is 5.21. The summed E-state index contributed by atoms with van der Waals surface area (Å²) in [4.78, 5) is 16.1. The Morgan fingerprint density at radius 2 is 1.96 bits per heavy atom. The molecule has 0 spiro atoms. The van der Waals surface area contributed by atoms with E-state index in [1.165, 1.54) is 12.1 Å². The molecule has 0 fully saturated rings. The number of H-pyrrole nitrogens is 2. The molecule has 2 aromatic heterocycles. The van der Waals surface area contributed by atoms with Crippen molar-refractivity contribution in [3.63, 3.8) is 0 Å². The summed E-state index contributed by atoms with van der Waals surface area (Å²) in [6.45, 7) is 3.27. The highest BCUT2D eigenvalue weighted by atomic mass is 19.4. The number of aryl methyl sites for hydroxylation is 2. The van der Waals surface area contributed by atoms with Crippen LogP contribution in [0.3, 0.4) is 0 Å². The van der Waals surface area contributed by atoms with Crippen LogP contribution >= 0.6 is 0 Å². The fourth-order valence-electron chi connectivity index (χ4n) is 2.60. The standard InChI is InChI=1S/C14H12F3N3O3/c1-5-10(6(2)23-20-5)7-3-8(12(21)14(15,16)17)11-9(4-7)18-13(22)19-11/h3-4,12,21H,1-2H3,(H2,18,19,22). The fraction of sp³-hybridized carbons (Fsp3) is 0.286. The topological polar surface area (TPSA) is 94.9 Å². The Morgan fingerprint density at radius 1 is 1.26 bits per heavy atom. The zero-order valence-electron chi connectivity index (χ0n) is 12.1. The molecule has 1 atom stereocenters. The Morgan fingerprint density at radius 3 is 2.52 bits per heavy atom. The third-order valence-corrected chi connectivity index (χ3v) is 3.58. The second-order valence-electron chi connectivity index (χ2n) is 5.21. The van der Waals surface area contributed by atoms with E-state index in [2.05, 4.69) is 15.1 Å². The average molecular weight is 327 g/mol. The molecule has 3 aromatic rings. The SMILES string of the molecule is Cc1noc(C)c1-c1cc(C(O)C(F)(F)F)c2[nH]c(=O)[nH]c2c1. The maximum Gasteiger partial charge on any atom is 0.418 e. The van der Waals surface area contributed by atoms with E-state index in [0.717, 1.165) is 0 Å². The number of nitrogens with zero attached hydrogens (tertiary/aromatic N) is 1. The molecule has 6 nitrogen and oxygen atoms in total. The average Bonchev–Trinajstić information content (AvgIpc) is 2.97. The summed E-state index contributed by atoms with van der Waals surface area (Å²) in [5.41, 5.74) is 0.343. The number of fused-ring (bicyclic) bond motifs is 1. The van der Waals surface area contributed by atoms with Crippen LogP contribution in [0, 0.1) is 13.8 Å². The van der Waals surface area contributed by atoms with Crippen LogP contribution in [0.5, 0.6) is 0 Å². The van der Waals surface area contributed by atoms with Crippen molar-refractivity contribution < 1.29 is 22.8 Å². The van der Waals surface area contributed by atoms with E-state index in [1.807, 2.05) is 0 Å². The van der Waals surface area contributed by atoms with Gasteiger partial charge in [0.15, 0.2) is 6.10 Å². The monoisotopic (exact) mass is 327 g/mol. The number of halogens is 3. The number of hydrogen-bond donors (Lipinski definition) is 3. The van der Waals surface area contributed by atoms with E-state index >= 15 is 0 Å². The summed E-state index contributed by atoms with van der Waals surface area (Å²) < 4.78 is 43.8. The van der Waals surface area contributed by atoms with Crippen LogP contribution in [0.25, 0.3) is 22.2 Å². The van der Waals surface area contributed by atoms with Crippen LogP contribution < -0.4 is 5.69 Å². The predicted molar refractivity (Wildman–Crippen MR) is 74.9 cm³/mol. The minimum atomic E-state index is -4.86. The molecule has 0 amide bonds.